The van der Waals surface area contributed by atoms with Gasteiger partial charge in [-0.05, 0) is 35.9 Å². The van der Waals surface area contributed by atoms with Crippen LogP contribution in [0.5, 0.6) is 0 Å². The van der Waals surface area contributed by atoms with Gasteiger partial charge in [-0.2, -0.15) is 8.78 Å². The summed E-state index contributed by atoms with van der Waals surface area (Å²) in [5.41, 5.74) is -0.448. The highest BCUT2D eigenvalue weighted by molar-refractivity contribution is 6.06. The van der Waals surface area contributed by atoms with Crippen LogP contribution in [-0.4, -0.2) is 12.2 Å². The summed E-state index contributed by atoms with van der Waals surface area (Å²) in [6.45, 7) is -0.334. The second-order valence-corrected chi connectivity index (χ2v) is 5.11. The fraction of sp³-hybridized carbons (Fsp3) is 0.125. The fourth-order valence-electron chi connectivity index (χ4n) is 2.49. The molecule has 0 N–H and O–H groups in total. The van der Waals surface area contributed by atoms with Crippen LogP contribution >= 0.6 is 0 Å². The molecule has 0 fully saturated rings. The van der Waals surface area contributed by atoms with E-state index in [1.165, 1.54) is 18.2 Å². The Morgan fingerprint density at radius 2 is 1.78 bits per heavy atom. The van der Waals surface area contributed by atoms with E-state index in [1.54, 1.807) is 0 Å². The number of amides is 1. The maximum Gasteiger partial charge on any atom is 0.352 e. The van der Waals surface area contributed by atoms with Crippen LogP contribution in [-0.2, 0) is 17.3 Å². The lowest BCUT2D eigenvalue weighted by Gasteiger charge is -2.17. The molecule has 0 aliphatic carbocycles. The summed E-state index contributed by atoms with van der Waals surface area (Å²) in [6, 6.07) is 6.40. The maximum absolute atomic E-state index is 14.1. The third-order valence-corrected chi connectivity index (χ3v) is 3.62. The zero-order valence-corrected chi connectivity index (χ0v) is 11.5. The highest BCUT2D eigenvalue weighted by atomic mass is 19.3. The number of fused-ring (bicyclic) bond motifs is 1. The van der Waals surface area contributed by atoms with Crippen LogP contribution in [0.25, 0.3) is 0 Å². The number of alkyl halides is 2. The molecule has 1 aliphatic heterocycles. The molecule has 0 spiro atoms. The van der Waals surface area contributed by atoms with E-state index in [-0.39, 0.29) is 23.4 Å². The van der Waals surface area contributed by atoms with E-state index in [2.05, 4.69) is 0 Å². The molecule has 2 aromatic carbocycles. The van der Waals surface area contributed by atoms with Crippen molar-refractivity contribution < 1.29 is 27.2 Å². The predicted octanol–water partition coefficient (Wildman–Crippen LogP) is 3.42. The number of aldehydes is 1. The first-order chi connectivity index (χ1) is 10.8. The molecular formula is C16H9F4NO2. The number of carbonyl (C=O) groups excluding carboxylic acids is 2. The van der Waals surface area contributed by atoms with Crippen molar-refractivity contribution in [2.45, 2.75) is 12.5 Å². The van der Waals surface area contributed by atoms with Crippen molar-refractivity contribution in [1.29, 1.82) is 0 Å². The molecule has 3 rings (SSSR count). The van der Waals surface area contributed by atoms with Crippen LogP contribution < -0.4 is 4.90 Å². The molecule has 2 aromatic rings. The van der Waals surface area contributed by atoms with E-state index < -0.39 is 29.0 Å². The minimum absolute atomic E-state index is 0.0194. The quantitative estimate of drug-likeness (QED) is 0.641. The zero-order chi connectivity index (χ0) is 16.8. The molecule has 1 amide bonds. The minimum atomic E-state index is -3.77. The van der Waals surface area contributed by atoms with E-state index >= 15 is 0 Å². The molecule has 1 aliphatic rings. The first-order valence-electron chi connectivity index (χ1n) is 6.58. The number of nitrogens with zero attached hydrogens (tertiary/aromatic N) is 1. The monoisotopic (exact) mass is 323 g/mol. The lowest BCUT2D eigenvalue weighted by Crippen LogP contribution is -2.34. The summed E-state index contributed by atoms with van der Waals surface area (Å²) in [6.07, 6.45) is 0.402. The summed E-state index contributed by atoms with van der Waals surface area (Å²) in [5, 5.41) is 0. The van der Waals surface area contributed by atoms with Gasteiger partial charge in [-0.15, -0.1) is 0 Å². The molecule has 0 saturated carbocycles. The van der Waals surface area contributed by atoms with Crippen LogP contribution in [0.3, 0.4) is 0 Å². The second kappa shape index (κ2) is 5.19. The average Bonchev–Trinajstić information content (AvgIpc) is 2.71. The SMILES string of the molecule is O=Cc1ccc2c(c1)C(F)(F)C(=O)N2Cc1ccc(F)c(F)c1. The van der Waals surface area contributed by atoms with E-state index in [0.29, 0.717) is 6.29 Å². The molecule has 118 valence electrons. The van der Waals surface area contributed by atoms with Crippen molar-refractivity contribution >= 4 is 17.9 Å². The molecular weight excluding hydrogens is 314 g/mol. The van der Waals surface area contributed by atoms with Crippen LogP contribution in [0.2, 0.25) is 0 Å². The molecule has 7 heteroatoms. The zero-order valence-electron chi connectivity index (χ0n) is 11.5. The second-order valence-electron chi connectivity index (χ2n) is 5.11. The Labute approximate surface area is 128 Å². The van der Waals surface area contributed by atoms with Crippen molar-refractivity contribution in [3.63, 3.8) is 0 Å². The van der Waals surface area contributed by atoms with E-state index in [1.807, 2.05) is 0 Å². The van der Waals surface area contributed by atoms with Gasteiger partial charge in [0.1, 0.15) is 6.29 Å². The Balaban J connectivity index is 2.02. The number of carbonyl (C=O) groups is 2. The van der Waals surface area contributed by atoms with Crippen LogP contribution in [0.4, 0.5) is 23.2 Å². The normalized spacial score (nSPS) is 15.7. The highest BCUT2D eigenvalue weighted by Gasteiger charge is 2.52. The van der Waals surface area contributed by atoms with Crippen molar-refractivity contribution in [2.75, 3.05) is 4.90 Å². The third-order valence-electron chi connectivity index (χ3n) is 3.62. The summed E-state index contributed by atoms with van der Waals surface area (Å²) in [5.74, 6) is -7.44. The number of hydrogen-bond acceptors (Lipinski definition) is 2. The lowest BCUT2D eigenvalue weighted by atomic mass is 10.1. The summed E-state index contributed by atoms with van der Waals surface area (Å²) in [7, 11) is 0. The Morgan fingerprint density at radius 1 is 1.04 bits per heavy atom. The summed E-state index contributed by atoms with van der Waals surface area (Å²) >= 11 is 0. The van der Waals surface area contributed by atoms with E-state index in [0.717, 1.165) is 23.1 Å². The molecule has 0 bridgehead atoms. The van der Waals surface area contributed by atoms with Crippen molar-refractivity contribution in [3.05, 3.63) is 64.7 Å². The van der Waals surface area contributed by atoms with Gasteiger partial charge in [-0.1, -0.05) is 6.07 Å². The van der Waals surface area contributed by atoms with Gasteiger partial charge < -0.3 is 4.90 Å². The van der Waals surface area contributed by atoms with Gasteiger partial charge in [-0.25, -0.2) is 8.78 Å². The van der Waals surface area contributed by atoms with Crippen molar-refractivity contribution in [1.82, 2.24) is 0 Å². The fourth-order valence-corrected chi connectivity index (χ4v) is 2.49. The van der Waals surface area contributed by atoms with Crippen molar-refractivity contribution in [3.8, 4) is 0 Å². The van der Waals surface area contributed by atoms with Gasteiger partial charge in [0.05, 0.1) is 17.8 Å². The topological polar surface area (TPSA) is 37.4 Å². The molecule has 0 saturated heterocycles. The van der Waals surface area contributed by atoms with Crippen LogP contribution in [0.15, 0.2) is 36.4 Å². The van der Waals surface area contributed by atoms with Crippen LogP contribution in [0.1, 0.15) is 21.5 Å². The lowest BCUT2D eigenvalue weighted by molar-refractivity contribution is -0.141. The molecule has 0 unspecified atom stereocenters. The third kappa shape index (κ3) is 2.38. The average molecular weight is 323 g/mol. The Hall–Kier alpha value is -2.70. The van der Waals surface area contributed by atoms with Gasteiger partial charge in [0, 0.05) is 5.56 Å². The molecule has 3 nitrogen and oxygen atoms in total. The molecule has 0 aromatic heterocycles. The van der Waals surface area contributed by atoms with E-state index in [9.17, 15) is 27.2 Å². The van der Waals surface area contributed by atoms with Gasteiger partial charge >= 0.3 is 11.8 Å². The molecule has 1 heterocycles. The van der Waals surface area contributed by atoms with Crippen LogP contribution in [0, 0.1) is 11.6 Å². The number of halogens is 4. The molecule has 23 heavy (non-hydrogen) atoms. The molecule has 0 radical (unpaired) electrons. The summed E-state index contributed by atoms with van der Waals surface area (Å²) in [4.78, 5) is 23.5. The smallest absolute Gasteiger partial charge is 0.302 e. The van der Waals surface area contributed by atoms with Gasteiger partial charge in [-0.3, -0.25) is 9.59 Å². The number of hydrogen-bond donors (Lipinski definition) is 0. The number of anilines is 1. The van der Waals surface area contributed by atoms with Gasteiger partial charge in [0.15, 0.2) is 11.6 Å². The highest BCUT2D eigenvalue weighted by Crippen LogP contribution is 2.45. The first-order valence-corrected chi connectivity index (χ1v) is 6.58. The molecule has 0 atom stereocenters. The first kappa shape index (κ1) is 15.2. The summed E-state index contributed by atoms with van der Waals surface area (Å²) < 4.78 is 54.4. The van der Waals surface area contributed by atoms with E-state index in [4.69, 9.17) is 0 Å². The van der Waals surface area contributed by atoms with Gasteiger partial charge in [0.25, 0.3) is 0 Å². The minimum Gasteiger partial charge on any atom is -0.302 e. The Kier molecular flexibility index (Phi) is 3.43. The number of benzene rings is 2. The van der Waals surface area contributed by atoms with Crippen molar-refractivity contribution in [2.24, 2.45) is 0 Å². The van der Waals surface area contributed by atoms with Gasteiger partial charge in [0.2, 0.25) is 0 Å². The largest absolute Gasteiger partial charge is 0.352 e. The number of rotatable bonds is 3. The Bertz CT molecular complexity index is 820. The standard InChI is InChI=1S/C16H9F4NO2/c17-12-3-1-9(6-13(12)18)7-21-14-4-2-10(8-22)5-11(14)16(19,20)15(21)23/h1-6,8H,7H2. The maximum atomic E-state index is 14.1. The predicted molar refractivity (Wildman–Crippen MR) is 73.3 cm³/mol. The Morgan fingerprint density at radius 3 is 2.43 bits per heavy atom.